The van der Waals surface area contributed by atoms with Gasteiger partial charge in [-0.1, -0.05) is 17.7 Å². The monoisotopic (exact) mass is 336 g/mol. The Kier molecular flexibility index (Phi) is 5.57. The van der Waals surface area contributed by atoms with E-state index in [1.807, 2.05) is 17.0 Å². The topological polar surface area (TPSA) is 32.8 Å². The van der Waals surface area contributed by atoms with E-state index in [-0.39, 0.29) is 5.91 Å². The Hall–Kier alpha value is -1.10. The van der Waals surface area contributed by atoms with Crippen molar-refractivity contribution in [2.75, 3.05) is 33.2 Å². The molecule has 0 aliphatic carbocycles. The van der Waals surface area contributed by atoms with E-state index in [0.717, 1.165) is 51.9 Å². The number of rotatable bonds is 3. The number of hydrogen-bond acceptors (Lipinski definition) is 3. The first kappa shape index (κ1) is 16.7. The molecule has 0 bridgehead atoms. The number of carbonyl (C=O) groups is 1. The second-order valence-corrected chi connectivity index (χ2v) is 7.08. The second kappa shape index (κ2) is 7.65. The Labute approximate surface area is 143 Å². The molecule has 2 fully saturated rings. The molecule has 0 N–H and O–H groups in total. The summed E-state index contributed by atoms with van der Waals surface area (Å²) in [4.78, 5) is 16.8. The molecule has 2 aliphatic rings. The zero-order valence-electron chi connectivity index (χ0n) is 13.7. The summed E-state index contributed by atoms with van der Waals surface area (Å²) in [5, 5.41) is 0.608. The van der Waals surface area contributed by atoms with Gasteiger partial charge in [0.25, 0.3) is 5.91 Å². The van der Waals surface area contributed by atoms with Crippen LogP contribution in [0.2, 0.25) is 5.02 Å². The summed E-state index contributed by atoms with van der Waals surface area (Å²) in [6.45, 7) is 3.78. The van der Waals surface area contributed by atoms with Gasteiger partial charge in [-0.3, -0.25) is 4.79 Å². The standard InChI is InChI=1S/C18H25ClN2O2/c1-20-9-5-16(6-10-20)23-17-7-11-21(12-8-17)18(22)14-3-2-4-15(19)13-14/h2-4,13,16-17H,5-12H2,1H3. The molecule has 0 unspecified atom stereocenters. The van der Waals surface area contributed by atoms with Crippen LogP contribution in [-0.4, -0.2) is 61.1 Å². The molecular formula is C18H25ClN2O2. The van der Waals surface area contributed by atoms with Crippen molar-refractivity contribution >= 4 is 17.5 Å². The van der Waals surface area contributed by atoms with Gasteiger partial charge in [-0.25, -0.2) is 0 Å². The van der Waals surface area contributed by atoms with Crippen molar-refractivity contribution < 1.29 is 9.53 Å². The fraction of sp³-hybridized carbons (Fsp3) is 0.611. The van der Waals surface area contributed by atoms with Crippen LogP contribution < -0.4 is 0 Å². The van der Waals surface area contributed by atoms with E-state index in [2.05, 4.69) is 11.9 Å². The minimum absolute atomic E-state index is 0.0743. The fourth-order valence-electron chi connectivity index (χ4n) is 3.39. The van der Waals surface area contributed by atoms with E-state index < -0.39 is 0 Å². The quantitative estimate of drug-likeness (QED) is 0.850. The molecule has 2 aliphatic heterocycles. The Bertz CT molecular complexity index is 536. The lowest BCUT2D eigenvalue weighted by Gasteiger charge is -2.36. The molecule has 2 saturated heterocycles. The molecule has 2 heterocycles. The van der Waals surface area contributed by atoms with Crippen molar-refractivity contribution in [3.05, 3.63) is 34.9 Å². The molecule has 3 rings (SSSR count). The maximum atomic E-state index is 12.5. The van der Waals surface area contributed by atoms with Gasteiger partial charge < -0.3 is 14.5 Å². The molecule has 1 aromatic carbocycles. The number of benzene rings is 1. The summed E-state index contributed by atoms with van der Waals surface area (Å²) < 4.78 is 6.25. The van der Waals surface area contributed by atoms with Crippen molar-refractivity contribution in [3.63, 3.8) is 0 Å². The SMILES string of the molecule is CN1CCC(OC2CCN(C(=O)c3cccc(Cl)c3)CC2)CC1. The molecule has 0 spiro atoms. The summed E-state index contributed by atoms with van der Waals surface area (Å²) >= 11 is 5.98. The van der Waals surface area contributed by atoms with Gasteiger partial charge in [0.2, 0.25) is 0 Å². The first-order chi connectivity index (χ1) is 11.1. The maximum Gasteiger partial charge on any atom is 0.253 e. The number of hydrogen-bond donors (Lipinski definition) is 0. The molecule has 4 nitrogen and oxygen atoms in total. The number of amides is 1. The van der Waals surface area contributed by atoms with Gasteiger partial charge in [-0.05, 0) is 50.9 Å². The highest BCUT2D eigenvalue weighted by molar-refractivity contribution is 6.30. The Morgan fingerprint density at radius 3 is 2.30 bits per heavy atom. The second-order valence-electron chi connectivity index (χ2n) is 6.64. The maximum absolute atomic E-state index is 12.5. The summed E-state index contributed by atoms with van der Waals surface area (Å²) in [5.41, 5.74) is 0.673. The lowest BCUT2D eigenvalue weighted by atomic mass is 10.0. The third-order valence-corrected chi connectivity index (χ3v) is 5.09. The first-order valence-electron chi connectivity index (χ1n) is 8.50. The van der Waals surface area contributed by atoms with Gasteiger partial charge in [0, 0.05) is 36.8 Å². The van der Waals surface area contributed by atoms with E-state index >= 15 is 0 Å². The van der Waals surface area contributed by atoms with E-state index in [1.54, 1.807) is 12.1 Å². The zero-order chi connectivity index (χ0) is 16.2. The fourth-order valence-corrected chi connectivity index (χ4v) is 3.58. The summed E-state index contributed by atoms with van der Waals surface area (Å²) in [6.07, 6.45) is 4.80. The van der Waals surface area contributed by atoms with Crippen molar-refractivity contribution in [2.45, 2.75) is 37.9 Å². The predicted molar refractivity (Wildman–Crippen MR) is 92.0 cm³/mol. The van der Waals surface area contributed by atoms with Crippen LogP contribution in [0.15, 0.2) is 24.3 Å². The summed E-state index contributed by atoms with van der Waals surface area (Å²) in [5.74, 6) is 0.0743. The highest BCUT2D eigenvalue weighted by Gasteiger charge is 2.27. The van der Waals surface area contributed by atoms with Crippen molar-refractivity contribution in [1.29, 1.82) is 0 Å². The zero-order valence-corrected chi connectivity index (χ0v) is 14.5. The van der Waals surface area contributed by atoms with Crippen LogP contribution in [0.25, 0.3) is 0 Å². The Morgan fingerprint density at radius 2 is 1.70 bits per heavy atom. The molecule has 0 radical (unpaired) electrons. The molecule has 23 heavy (non-hydrogen) atoms. The van der Waals surface area contributed by atoms with Crippen LogP contribution in [0.5, 0.6) is 0 Å². The number of carbonyl (C=O) groups excluding carboxylic acids is 1. The average Bonchev–Trinajstić information content (AvgIpc) is 2.57. The van der Waals surface area contributed by atoms with Crippen molar-refractivity contribution in [3.8, 4) is 0 Å². The Morgan fingerprint density at radius 1 is 1.09 bits per heavy atom. The minimum atomic E-state index is 0.0743. The van der Waals surface area contributed by atoms with Gasteiger partial charge in [0.1, 0.15) is 0 Å². The third-order valence-electron chi connectivity index (χ3n) is 4.85. The molecular weight excluding hydrogens is 312 g/mol. The largest absolute Gasteiger partial charge is 0.375 e. The number of ether oxygens (including phenoxy) is 1. The number of likely N-dealkylation sites (tertiary alicyclic amines) is 2. The van der Waals surface area contributed by atoms with Crippen LogP contribution in [0, 0.1) is 0 Å². The van der Waals surface area contributed by atoms with Crippen LogP contribution in [0.4, 0.5) is 0 Å². The Balaban J connectivity index is 1.47. The molecule has 126 valence electrons. The van der Waals surface area contributed by atoms with Gasteiger partial charge in [0.15, 0.2) is 0 Å². The molecule has 0 aromatic heterocycles. The van der Waals surface area contributed by atoms with E-state index in [0.29, 0.717) is 22.8 Å². The molecule has 0 saturated carbocycles. The predicted octanol–water partition coefficient (Wildman–Crippen LogP) is 3.06. The van der Waals surface area contributed by atoms with Crippen LogP contribution in [-0.2, 0) is 4.74 Å². The van der Waals surface area contributed by atoms with Crippen LogP contribution in [0.1, 0.15) is 36.0 Å². The third kappa shape index (κ3) is 4.46. The summed E-state index contributed by atoms with van der Waals surface area (Å²) in [7, 11) is 2.16. The minimum Gasteiger partial charge on any atom is -0.375 e. The smallest absolute Gasteiger partial charge is 0.253 e. The van der Waals surface area contributed by atoms with Crippen molar-refractivity contribution in [1.82, 2.24) is 9.80 Å². The molecule has 5 heteroatoms. The van der Waals surface area contributed by atoms with Crippen LogP contribution in [0.3, 0.4) is 0 Å². The van der Waals surface area contributed by atoms with Gasteiger partial charge in [0.05, 0.1) is 12.2 Å². The van der Waals surface area contributed by atoms with E-state index in [1.165, 1.54) is 0 Å². The number of halogens is 1. The van der Waals surface area contributed by atoms with Crippen molar-refractivity contribution in [2.24, 2.45) is 0 Å². The molecule has 0 atom stereocenters. The molecule has 1 amide bonds. The van der Waals surface area contributed by atoms with E-state index in [4.69, 9.17) is 16.3 Å². The highest BCUT2D eigenvalue weighted by atomic mass is 35.5. The lowest BCUT2D eigenvalue weighted by molar-refractivity contribution is -0.0599. The summed E-state index contributed by atoms with van der Waals surface area (Å²) in [6, 6.07) is 7.19. The first-order valence-corrected chi connectivity index (χ1v) is 8.88. The average molecular weight is 337 g/mol. The van der Waals surface area contributed by atoms with Gasteiger partial charge >= 0.3 is 0 Å². The number of piperidine rings is 2. The highest BCUT2D eigenvalue weighted by Crippen LogP contribution is 2.22. The van der Waals surface area contributed by atoms with Crippen LogP contribution >= 0.6 is 11.6 Å². The van der Waals surface area contributed by atoms with Gasteiger partial charge in [-0.2, -0.15) is 0 Å². The normalized spacial score (nSPS) is 21.6. The van der Waals surface area contributed by atoms with E-state index in [9.17, 15) is 4.79 Å². The van der Waals surface area contributed by atoms with Gasteiger partial charge in [-0.15, -0.1) is 0 Å². The number of nitrogens with zero attached hydrogens (tertiary/aromatic N) is 2. The lowest BCUT2D eigenvalue weighted by Crippen LogP contribution is -2.43. The molecule has 1 aromatic rings.